The summed E-state index contributed by atoms with van der Waals surface area (Å²) in [5, 5.41) is 2.71. The van der Waals surface area contributed by atoms with Gasteiger partial charge in [-0.15, -0.1) is 0 Å². The molecule has 6 heteroatoms. The first-order valence-corrected chi connectivity index (χ1v) is 9.19. The van der Waals surface area contributed by atoms with Crippen LogP contribution in [0.5, 0.6) is 5.88 Å². The lowest BCUT2D eigenvalue weighted by atomic mass is 9.93. The Hall–Kier alpha value is -1.85. The van der Waals surface area contributed by atoms with Crippen molar-refractivity contribution in [2.75, 3.05) is 25.0 Å². The van der Waals surface area contributed by atoms with Crippen LogP contribution in [0.25, 0.3) is 0 Å². The largest absolute Gasteiger partial charge is 0.473 e. The van der Waals surface area contributed by atoms with Gasteiger partial charge in [-0.25, -0.2) is 0 Å². The van der Waals surface area contributed by atoms with E-state index in [0.717, 1.165) is 44.6 Å². The maximum Gasteiger partial charge on any atom is 0.234 e. The number of ether oxygens (including phenoxy) is 1. The molecule has 0 unspecified atom stereocenters. The van der Waals surface area contributed by atoms with Crippen LogP contribution in [-0.4, -0.2) is 42.1 Å². The minimum Gasteiger partial charge on any atom is -0.473 e. The molecule has 6 nitrogen and oxygen atoms in total. The van der Waals surface area contributed by atoms with E-state index in [4.69, 9.17) is 4.74 Å². The van der Waals surface area contributed by atoms with Crippen LogP contribution in [0.1, 0.15) is 51.4 Å². The molecule has 0 bridgehead atoms. The number of nitrogens with zero attached hydrogens (tertiary/aromatic N) is 3. The summed E-state index contributed by atoms with van der Waals surface area (Å²) in [4.78, 5) is 22.7. The molecule has 1 N–H and O–H groups in total. The van der Waals surface area contributed by atoms with E-state index in [-0.39, 0.29) is 5.91 Å². The number of piperidine rings is 1. The van der Waals surface area contributed by atoms with Crippen LogP contribution >= 0.6 is 0 Å². The van der Waals surface area contributed by atoms with Gasteiger partial charge in [0.15, 0.2) is 5.82 Å². The fourth-order valence-corrected chi connectivity index (χ4v) is 3.63. The summed E-state index contributed by atoms with van der Waals surface area (Å²) in [5.41, 5.74) is 0. The van der Waals surface area contributed by atoms with Crippen molar-refractivity contribution in [2.24, 2.45) is 5.92 Å². The topological polar surface area (TPSA) is 67.4 Å². The van der Waals surface area contributed by atoms with Gasteiger partial charge in [-0.2, -0.15) is 4.98 Å². The Balaban J connectivity index is 1.53. The van der Waals surface area contributed by atoms with Gasteiger partial charge < -0.3 is 15.0 Å². The predicted octanol–water partition coefficient (Wildman–Crippen LogP) is 2.54. The standard InChI is InChI=1S/C18H28N4O2/c1-19-17(23)11-14-7-9-22(10-8-14)16-12-20-13-18(21-16)24-15-5-3-2-4-6-15/h12-15H,2-11H2,1H3,(H,19,23). The molecular weight excluding hydrogens is 304 g/mol. The second kappa shape index (κ2) is 8.31. The monoisotopic (exact) mass is 332 g/mol. The molecule has 1 saturated heterocycles. The SMILES string of the molecule is CNC(=O)CC1CCN(c2cncc(OC3CCCCC3)n2)CC1. The molecular formula is C18H28N4O2. The third-order valence-electron chi connectivity index (χ3n) is 5.13. The molecule has 1 saturated carbocycles. The quantitative estimate of drug-likeness (QED) is 0.897. The fraction of sp³-hybridized carbons (Fsp3) is 0.722. The first-order valence-electron chi connectivity index (χ1n) is 9.19. The Morgan fingerprint density at radius 3 is 2.67 bits per heavy atom. The number of rotatable bonds is 5. The molecule has 2 aliphatic rings. The van der Waals surface area contributed by atoms with Crippen LogP contribution in [0, 0.1) is 5.92 Å². The lowest BCUT2D eigenvalue weighted by Crippen LogP contribution is -2.36. The van der Waals surface area contributed by atoms with Crippen LogP contribution < -0.4 is 15.0 Å². The summed E-state index contributed by atoms with van der Waals surface area (Å²) >= 11 is 0. The van der Waals surface area contributed by atoms with E-state index in [0.29, 0.717) is 24.3 Å². The number of hydrogen-bond donors (Lipinski definition) is 1. The summed E-state index contributed by atoms with van der Waals surface area (Å²) in [6.45, 7) is 1.84. The summed E-state index contributed by atoms with van der Waals surface area (Å²) < 4.78 is 6.02. The van der Waals surface area contributed by atoms with Gasteiger partial charge >= 0.3 is 0 Å². The van der Waals surface area contributed by atoms with Gasteiger partial charge in [0.25, 0.3) is 0 Å². The van der Waals surface area contributed by atoms with Crippen molar-refractivity contribution < 1.29 is 9.53 Å². The average molecular weight is 332 g/mol. The van der Waals surface area contributed by atoms with Crippen molar-refractivity contribution in [3.8, 4) is 5.88 Å². The van der Waals surface area contributed by atoms with Crippen molar-refractivity contribution in [2.45, 2.75) is 57.5 Å². The third-order valence-corrected chi connectivity index (χ3v) is 5.13. The zero-order chi connectivity index (χ0) is 16.8. The number of carbonyl (C=O) groups excluding carboxylic acids is 1. The molecule has 132 valence electrons. The molecule has 1 aliphatic carbocycles. The van der Waals surface area contributed by atoms with E-state index in [2.05, 4.69) is 20.2 Å². The van der Waals surface area contributed by atoms with Crippen molar-refractivity contribution in [3.63, 3.8) is 0 Å². The third kappa shape index (κ3) is 4.58. The number of aromatic nitrogens is 2. The highest BCUT2D eigenvalue weighted by molar-refractivity contribution is 5.75. The lowest BCUT2D eigenvalue weighted by Gasteiger charge is -2.32. The molecule has 1 aliphatic heterocycles. The molecule has 2 heterocycles. The number of amides is 1. The molecule has 0 spiro atoms. The van der Waals surface area contributed by atoms with Crippen molar-refractivity contribution in [3.05, 3.63) is 12.4 Å². The van der Waals surface area contributed by atoms with E-state index < -0.39 is 0 Å². The van der Waals surface area contributed by atoms with Gasteiger partial charge in [-0.05, 0) is 44.4 Å². The van der Waals surface area contributed by atoms with Gasteiger partial charge in [-0.1, -0.05) is 6.42 Å². The highest BCUT2D eigenvalue weighted by atomic mass is 16.5. The molecule has 1 aromatic rings. The van der Waals surface area contributed by atoms with Crippen LogP contribution in [0.3, 0.4) is 0 Å². The minimum absolute atomic E-state index is 0.135. The van der Waals surface area contributed by atoms with Gasteiger partial charge in [-0.3, -0.25) is 9.78 Å². The summed E-state index contributed by atoms with van der Waals surface area (Å²) in [5.74, 6) is 2.14. The fourth-order valence-electron chi connectivity index (χ4n) is 3.63. The maximum atomic E-state index is 11.5. The van der Waals surface area contributed by atoms with Gasteiger partial charge in [0.1, 0.15) is 6.10 Å². The van der Waals surface area contributed by atoms with Crippen molar-refractivity contribution in [1.29, 1.82) is 0 Å². The smallest absolute Gasteiger partial charge is 0.234 e. The number of anilines is 1. The van der Waals surface area contributed by atoms with Crippen molar-refractivity contribution in [1.82, 2.24) is 15.3 Å². The van der Waals surface area contributed by atoms with E-state index in [9.17, 15) is 4.79 Å². The van der Waals surface area contributed by atoms with Gasteiger partial charge in [0.05, 0.1) is 12.4 Å². The second-order valence-corrected chi connectivity index (χ2v) is 6.90. The normalized spacial score (nSPS) is 20.0. The van der Waals surface area contributed by atoms with E-state index in [1.165, 1.54) is 19.3 Å². The number of hydrogen-bond acceptors (Lipinski definition) is 5. The molecule has 1 aromatic heterocycles. The Morgan fingerprint density at radius 1 is 1.21 bits per heavy atom. The van der Waals surface area contributed by atoms with E-state index in [1.807, 2.05) is 6.20 Å². The highest BCUT2D eigenvalue weighted by Crippen LogP contribution is 2.26. The summed E-state index contributed by atoms with van der Waals surface area (Å²) in [6.07, 6.45) is 12.5. The van der Waals surface area contributed by atoms with Crippen LogP contribution in [0.15, 0.2) is 12.4 Å². The molecule has 2 fully saturated rings. The summed E-state index contributed by atoms with van der Waals surface area (Å²) in [6, 6.07) is 0. The average Bonchev–Trinajstić information content (AvgIpc) is 2.63. The van der Waals surface area contributed by atoms with Crippen LogP contribution in [0.4, 0.5) is 5.82 Å². The molecule has 3 rings (SSSR count). The predicted molar refractivity (Wildman–Crippen MR) is 93.2 cm³/mol. The molecule has 0 atom stereocenters. The van der Waals surface area contributed by atoms with Gasteiger partial charge in [0.2, 0.25) is 11.8 Å². The number of carbonyl (C=O) groups is 1. The maximum absolute atomic E-state index is 11.5. The molecule has 1 amide bonds. The molecule has 0 aromatic carbocycles. The van der Waals surface area contributed by atoms with Crippen LogP contribution in [0.2, 0.25) is 0 Å². The number of nitrogens with one attached hydrogen (secondary N) is 1. The zero-order valence-electron chi connectivity index (χ0n) is 14.5. The van der Waals surface area contributed by atoms with E-state index in [1.54, 1.807) is 13.2 Å². The Labute approximate surface area is 144 Å². The second-order valence-electron chi connectivity index (χ2n) is 6.90. The molecule has 0 radical (unpaired) electrons. The highest BCUT2D eigenvalue weighted by Gasteiger charge is 2.23. The summed E-state index contributed by atoms with van der Waals surface area (Å²) in [7, 11) is 1.70. The Morgan fingerprint density at radius 2 is 1.96 bits per heavy atom. The van der Waals surface area contributed by atoms with Crippen LogP contribution in [-0.2, 0) is 4.79 Å². The van der Waals surface area contributed by atoms with Gasteiger partial charge in [0, 0.05) is 26.6 Å². The van der Waals surface area contributed by atoms with Crippen molar-refractivity contribution >= 4 is 11.7 Å². The molecule has 24 heavy (non-hydrogen) atoms. The van der Waals surface area contributed by atoms with E-state index >= 15 is 0 Å². The first-order chi connectivity index (χ1) is 11.7. The Bertz CT molecular complexity index is 538. The minimum atomic E-state index is 0.135. The Kier molecular flexibility index (Phi) is 5.88. The lowest BCUT2D eigenvalue weighted by molar-refractivity contribution is -0.121. The zero-order valence-corrected chi connectivity index (χ0v) is 14.5. The first kappa shape index (κ1) is 17.0.